The van der Waals surface area contributed by atoms with E-state index in [9.17, 15) is 0 Å². The predicted octanol–water partition coefficient (Wildman–Crippen LogP) is 3.07. The number of ether oxygens (including phenoxy) is 1. The molecule has 0 spiro atoms. The van der Waals surface area contributed by atoms with E-state index < -0.39 is 0 Å². The molecule has 0 aromatic heterocycles. The van der Waals surface area contributed by atoms with Gasteiger partial charge in [0.05, 0.1) is 0 Å². The third-order valence-corrected chi connectivity index (χ3v) is 2.80. The zero-order valence-electron chi connectivity index (χ0n) is 10.8. The van der Waals surface area contributed by atoms with Crippen molar-refractivity contribution in [2.75, 3.05) is 13.2 Å². The summed E-state index contributed by atoms with van der Waals surface area (Å²) in [6.45, 7) is 10.2. The smallest absolute Gasteiger partial charge is 0.122 e. The second-order valence-electron chi connectivity index (χ2n) is 4.38. The van der Waals surface area contributed by atoms with E-state index in [0.29, 0.717) is 6.04 Å². The van der Waals surface area contributed by atoms with Crippen LogP contribution in [-0.4, -0.2) is 19.2 Å². The Balaban J connectivity index is 2.32. The van der Waals surface area contributed by atoms with Crippen LogP contribution in [0.4, 0.5) is 0 Å². The van der Waals surface area contributed by atoms with Crippen LogP contribution in [0, 0.1) is 13.8 Å². The maximum Gasteiger partial charge on any atom is 0.122 e. The highest BCUT2D eigenvalue weighted by Gasteiger charge is 2.00. The Labute approximate surface area is 99.0 Å². The first-order valence-electron chi connectivity index (χ1n) is 6.07. The van der Waals surface area contributed by atoms with Crippen LogP contribution in [0.3, 0.4) is 0 Å². The first kappa shape index (κ1) is 13.0. The van der Waals surface area contributed by atoms with Gasteiger partial charge in [-0.05, 0) is 38.8 Å². The summed E-state index contributed by atoms with van der Waals surface area (Å²) < 4.78 is 5.72. The lowest BCUT2D eigenvalue weighted by Gasteiger charge is -2.13. The Kier molecular flexibility index (Phi) is 5.33. The van der Waals surface area contributed by atoms with E-state index in [0.717, 1.165) is 25.3 Å². The Morgan fingerprint density at radius 3 is 2.69 bits per heavy atom. The average Bonchev–Trinajstić information content (AvgIpc) is 2.26. The van der Waals surface area contributed by atoms with Gasteiger partial charge in [0, 0.05) is 12.6 Å². The highest BCUT2D eigenvalue weighted by molar-refractivity contribution is 5.35. The topological polar surface area (TPSA) is 21.3 Å². The Morgan fingerprint density at radius 2 is 2.06 bits per heavy atom. The summed E-state index contributed by atoms with van der Waals surface area (Å²) in [5.74, 6) is 0.997. The molecular formula is C14H23NO. The molecule has 0 aliphatic carbocycles. The van der Waals surface area contributed by atoms with E-state index in [1.807, 2.05) is 6.07 Å². The first-order chi connectivity index (χ1) is 7.63. The van der Waals surface area contributed by atoms with Gasteiger partial charge >= 0.3 is 0 Å². The molecule has 90 valence electrons. The van der Waals surface area contributed by atoms with Crippen molar-refractivity contribution in [1.82, 2.24) is 5.32 Å². The van der Waals surface area contributed by atoms with E-state index in [-0.39, 0.29) is 0 Å². The lowest BCUT2D eigenvalue weighted by Crippen LogP contribution is -2.29. The summed E-state index contributed by atoms with van der Waals surface area (Å²) in [4.78, 5) is 0. The van der Waals surface area contributed by atoms with Crippen molar-refractivity contribution in [2.45, 2.75) is 40.2 Å². The molecule has 1 aromatic rings. The van der Waals surface area contributed by atoms with Crippen molar-refractivity contribution in [1.29, 1.82) is 0 Å². The normalized spacial score (nSPS) is 12.5. The minimum absolute atomic E-state index is 0.572. The zero-order valence-corrected chi connectivity index (χ0v) is 10.8. The van der Waals surface area contributed by atoms with E-state index in [2.05, 4.69) is 45.1 Å². The molecule has 0 saturated heterocycles. The summed E-state index contributed by atoms with van der Waals surface area (Å²) in [6, 6.07) is 6.86. The average molecular weight is 221 g/mol. The number of hydrogen-bond donors (Lipinski definition) is 1. The van der Waals surface area contributed by atoms with Crippen LogP contribution in [0.5, 0.6) is 5.75 Å². The summed E-state index contributed by atoms with van der Waals surface area (Å²) in [7, 11) is 0. The molecule has 0 aliphatic rings. The van der Waals surface area contributed by atoms with Crippen molar-refractivity contribution in [3.8, 4) is 5.75 Å². The molecule has 0 heterocycles. The maximum absolute atomic E-state index is 5.72. The van der Waals surface area contributed by atoms with Gasteiger partial charge < -0.3 is 10.1 Å². The highest BCUT2D eigenvalue weighted by Crippen LogP contribution is 2.18. The number of rotatable bonds is 6. The molecule has 1 aromatic carbocycles. The van der Waals surface area contributed by atoms with Gasteiger partial charge in [-0.3, -0.25) is 0 Å². The molecule has 0 amide bonds. The van der Waals surface area contributed by atoms with E-state index >= 15 is 0 Å². The van der Waals surface area contributed by atoms with Gasteiger partial charge in [-0.2, -0.15) is 0 Å². The fourth-order valence-electron chi connectivity index (χ4n) is 1.57. The molecule has 1 atom stereocenters. The number of nitrogens with one attached hydrogen (secondary N) is 1. The van der Waals surface area contributed by atoms with Crippen molar-refractivity contribution in [3.05, 3.63) is 29.3 Å². The van der Waals surface area contributed by atoms with Gasteiger partial charge in [0.25, 0.3) is 0 Å². The summed E-state index contributed by atoms with van der Waals surface area (Å²) in [6.07, 6.45) is 1.16. The number of aryl methyl sites for hydroxylation is 2. The largest absolute Gasteiger partial charge is 0.492 e. The van der Waals surface area contributed by atoms with Gasteiger partial charge in [0.2, 0.25) is 0 Å². The Morgan fingerprint density at radius 1 is 1.31 bits per heavy atom. The third kappa shape index (κ3) is 4.23. The molecule has 0 aliphatic heterocycles. The quantitative estimate of drug-likeness (QED) is 0.745. The van der Waals surface area contributed by atoms with Gasteiger partial charge in [-0.1, -0.05) is 24.6 Å². The van der Waals surface area contributed by atoms with Crippen LogP contribution in [0.1, 0.15) is 31.4 Å². The molecular weight excluding hydrogens is 198 g/mol. The second kappa shape index (κ2) is 6.54. The molecule has 2 nitrogen and oxygen atoms in total. The second-order valence-corrected chi connectivity index (χ2v) is 4.38. The molecule has 2 heteroatoms. The van der Waals surface area contributed by atoms with Crippen molar-refractivity contribution >= 4 is 0 Å². The van der Waals surface area contributed by atoms with Crippen molar-refractivity contribution in [3.63, 3.8) is 0 Å². The molecule has 1 N–H and O–H groups in total. The van der Waals surface area contributed by atoms with Gasteiger partial charge in [-0.15, -0.1) is 0 Å². The zero-order chi connectivity index (χ0) is 12.0. The van der Waals surface area contributed by atoms with Gasteiger partial charge in [0.15, 0.2) is 0 Å². The molecule has 16 heavy (non-hydrogen) atoms. The fourth-order valence-corrected chi connectivity index (χ4v) is 1.57. The first-order valence-corrected chi connectivity index (χ1v) is 6.07. The SMILES string of the molecule is CCC(C)NCCOc1ccc(C)cc1C. The van der Waals surface area contributed by atoms with E-state index in [1.165, 1.54) is 11.1 Å². The van der Waals surface area contributed by atoms with Crippen LogP contribution in [-0.2, 0) is 0 Å². The van der Waals surface area contributed by atoms with Gasteiger partial charge in [-0.25, -0.2) is 0 Å². The van der Waals surface area contributed by atoms with Crippen molar-refractivity contribution < 1.29 is 4.74 Å². The monoisotopic (exact) mass is 221 g/mol. The number of benzene rings is 1. The number of hydrogen-bond acceptors (Lipinski definition) is 2. The summed E-state index contributed by atoms with van der Waals surface area (Å²) in [5, 5.41) is 3.41. The standard InChI is InChI=1S/C14H23NO/c1-5-13(4)15-8-9-16-14-7-6-11(2)10-12(14)3/h6-7,10,13,15H,5,8-9H2,1-4H3. The Hall–Kier alpha value is -1.02. The van der Waals surface area contributed by atoms with E-state index in [1.54, 1.807) is 0 Å². The predicted molar refractivity (Wildman–Crippen MR) is 69.2 cm³/mol. The van der Waals surface area contributed by atoms with Crippen LogP contribution < -0.4 is 10.1 Å². The fraction of sp³-hybridized carbons (Fsp3) is 0.571. The van der Waals surface area contributed by atoms with Gasteiger partial charge in [0.1, 0.15) is 12.4 Å². The molecule has 1 rings (SSSR count). The van der Waals surface area contributed by atoms with Crippen LogP contribution in [0.2, 0.25) is 0 Å². The molecule has 0 radical (unpaired) electrons. The lowest BCUT2D eigenvalue weighted by molar-refractivity contribution is 0.304. The van der Waals surface area contributed by atoms with Crippen LogP contribution in [0.15, 0.2) is 18.2 Å². The van der Waals surface area contributed by atoms with E-state index in [4.69, 9.17) is 4.74 Å². The molecule has 0 saturated carbocycles. The summed E-state index contributed by atoms with van der Waals surface area (Å²) >= 11 is 0. The minimum atomic E-state index is 0.572. The molecule has 1 unspecified atom stereocenters. The van der Waals surface area contributed by atoms with Crippen molar-refractivity contribution in [2.24, 2.45) is 0 Å². The maximum atomic E-state index is 5.72. The molecule has 0 bridgehead atoms. The summed E-state index contributed by atoms with van der Waals surface area (Å²) in [5.41, 5.74) is 2.49. The molecule has 0 fully saturated rings. The third-order valence-electron chi connectivity index (χ3n) is 2.80. The minimum Gasteiger partial charge on any atom is -0.492 e. The lowest BCUT2D eigenvalue weighted by atomic mass is 10.1. The van der Waals surface area contributed by atoms with Crippen LogP contribution in [0.25, 0.3) is 0 Å². The Bertz CT molecular complexity index is 323. The highest BCUT2D eigenvalue weighted by atomic mass is 16.5. The van der Waals surface area contributed by atoms with Crippen LogP contribution >= 0.6 is 0 Å².